The average molecular weight is 354 g/mol. The Bertz CT molecular complexity index is 707. The largest absolute Gasteiger partial charge is 0.333 e. The fourth-order valence-electron chi connectivity index (χ4n) is 3.76. The van der Waals surface area contributed by atoms with Crippen molar-refractivity contribution < 1.29 is 9.18 Å². The van der Waals surface area contributed by atoms with Crippen molar-refractivity contribution in [2.45, 2.75) is 45.3 Å². The number of benzene rings is 2. The van der Waals surface area contributed by atoms with Crippen molar-refractivity contribution in [3.05, 3.63) is 71.5 Å². The van der Waals surface area contributed by atoms with E-state index in [1.165, 1.54) is 17.7 Å². The highest BCUT2D eigenvalue weighted by Gasteiger charge is 2.30. The number of rotatable bonds is 5. The van der Waals surface area contributed by atoms with Gasteiger partial charge in [0.25, 0.3) is 5.91 Å². The molecule has 0 aliphatic carbocycles. The zero-order valence-corrected chi connectivity index (χ0v) is 15.6. The highest BCUT2D eigenvalue weighted by Crippen LogP contribution is 2.22. The molecule has 1 amide bonds. The Kier molecular flexibility index (Phi) is 6.04. The van der Waals surface area contributed by atoms with Crippen LogP contribution in [0.2, 0.25) is 0 Å². The van der Waals surface area contributed by atoms with Crippen LogP contribution in [0, 0.1) is 5.82 Å². The first-order chi connectivity index (χ1) is 12.5. The van der Waals surface area contributed by atoms with Crippen LogP contribution in [0.25, 0.3) is 0 Å². The van der Waals surface area contributed by atoms with Gasteiger partial charge in [-0.3, -0.25) is 9.69 Å². The molecule has 1 saturated heterocycles. The summed E-state index contributed by atoms with van der Waals surface area (Å²) in [7, 11) is 0. The van der Waals surface area contributed by atoms with Crippen LogP contribution < -0.4 is 0 Å². The summed E-state index contributed by atoms with van der Waals surface area (Å²) in [5, 5.41) is 0. The monoisotopic (exact) mass is 354 g/mol. The molecule has 26 heavy (non-hydrogen) atoms. The molecule has 0 spiro atoms. The van der Waals surface area contributed by atoms with Gasteiger partial charge in [0, 0.05) is 37.3 Å². The molecule has 3 rings (SSSR count). The Morgan fingerprint density at radius 3 is 2.27 bits per heavy atom. The third-order valence-corrected chi connectivity index (χ3v) is 5.08. The van der Waals surface area contributed by atoms with E-state index < -0.39 is 0 Å². The minimum atomic E-state index is -0.313. The second-order valence-corrected chi connectivity index (χ2v) is 7.31. The molecule has 4 heteroatoms. The third kappa shape index (κ3) is 4.50. The van der Waals surface area contributed by atoms with Crippen LogP contribution in [0.5, 0.6) is 0 Å². The second-order valence-electron chi connectivity index (χ2n) is 7.31. The van der Waals surface area contributed by atoms with E-state index >= 15 is 0 Å². The van der Waals surface area contributed by atoms with Crippen LogP contribution in [0.15, 0.2) is 54.6 Å². The molecule has 2 aromatic carbocycles. The number of hydrogen-bond donors (Lipinski definition) is 0. The Balaban J connectivity index is 1.63. The minimum absolute atomic E-state index is 0.00140. The molecule has 3 nitrogen and oxygen atoms in total. The van der Waals surface area contributed by atoms with Gasteiger partial charge in [-0.15, -0.1) is 0 Å². The lowest BCUT2D eigenvalue weighted by Gasteiger charge is -2.40. The lowest BCUT2D eigenvalue weighted by Crippen LogP contribution is -2.50. The van der Waals surface area contributed by atoms with Gasteiger partial charge in [-0.25, -0.2) is 4.39 Å². The van der Waals surface area contributed by atoms with E-state index in [0.29, 0.717) is 5.56 Å². The molecule has 1 aliphatic heterocycles. The molecule has 0 aromatic heterocycles. The van der Waals surface area contributed by atoms with Crippen LogP contribution in [-0.2, 0) is 6.54 Å². The van der Waals surface area contributed by atoms with Crippen molar-refractivity contribution in [3.8, 4) is 0 Å². The van der Waals surface area contributed by atoms with Crippen molar-refractivity contribution in [1.29, 1.82) is 0 Å². The minimum Gasteiger partial charge on any atom is -0.333 e. The maximum absolute atomic E-state index is 13.2. The van der Waals surface area contributed by atoms with Gasteiger partial charge in [-0.1, -0.05) is 30.3 Å². The standard InChI is InChI=1S/C22H27FN2O/c1-17(2)25(22(26)19-8-10-20(23)11-9-19)21-12-14-24(15-13-21)16-18-6-4-3-5-7-18/h3-11,17,21H,12-16H2,1-2H3. The number of nitrogens with zero attached hydrogens (tertiary/aromatic N) is 2. The van der Waals surface area contributed by atoms with Crippen LogP contribution in [0.3, 0.4) is 0 Å². The molecule has 0 radical (unpaired) electrons. The van der Waals surface area contributed by atoms with Gasteiger partial charge < -0.3 is 4.90 Å². The van der Waals surface area contributed by atoms with Crippen LogP contribution in [-0.4, -0.2) is 40.9 Å². The summed E-state index contributed by atoms with van der Waals surface area (Å²) < 4.78 is 13.2. The van der Waals surface area contributed by atoms with E-state index in [4.69, 9.17) is 0 Å². The Labute approximate surface area is 155 Å². The Hall–Kier alpha value is -2.20. The summed E-state index contributed by atoms with van der Waals surface area (Å²) in [5.74, 6) is -0.312. The topological polar surface area (TPSA) is 23.6 Å². The summed E-state index contributed by atoms with van der Waals surface area (Å²) >= 11 is 0. The number of carbonyl (C=O) groups excluding carboxylic acids is 1. The molecule has 1 heterocycles. The molecule has 0 bridgehead atoms. The molecule has 0 N–H and O–H groups in total. The first kappa shape index (κ1) is 18.6. The predicted octanol–water partition coefficient (Wildman–Crippen LogP) is 4.34. The first-order valence-electron chi connectivity index (χ1n) is 9.39. The molecule has 0 unspecified atom stereocenters. The van der Waals surface area contributed by atoms with Gasteiger partial charge in [0.1, 0.15) is 5.82 Å². The van der Waals surface area contributed by atoms with Crippen LogP contribution in [0.1, 0.15) is 42.6 Å². The molecule has 0 saturated carbocycles. The SMILES string of the molecule is CC(C)N(C(=O)c1ccc(F)cc1)C1CCN(Cc2ccccc2)CC1. The predicted molar refractivity (Wildman–Crippen MR) is 102 cm³/mol. The van der Waals surface area contributed by atoms with E-state index in [1.54, 1.807) is 12.1 Å². The highest BCUT2D eigenvalue weighted by molar-refractivity contribution is 5.94. The normalized spacial score (nSPS) is 16.0. The third-order valence-electron chi connectivity index (χ3n) is 5.08. The summed E-state index contributed by atoms with van der Waals surface area (Å²) in [4.78, 5) is 17.4. The molecule has 1 aliphatic rings. The fraction of sp³-hybridized carbons (Fsp3) is 0.409. The number of piperidine rings is 1. The first-order valence-corrected chi connectivity index (χ1v) is 9.39. The van der Waals surface area contributed by atoms with Gasteiger partial charge in [0.15, 0.2) is 0 Å². The number of halogens is 1. The van der Waals surface area contributed by atoms with Crippen molar-refractivity contribution >= 4 is 5.91 Å². The number of hydrogen-bond acceptors (Lipinski definition) is 2. The van der Waals surface area contributed by atoms with Gasteiger partial charge in [-0.2, -0.15) is 0 Å². The molecule has 2 aromatic rings. The zero-order chi connectivity index (χ0) is 18.5. The maximum Gasteiger partial charge on any atom is 0.254 e. The van der Waals surface area contributed by atoms with Crippen molar-refractivity contribution in [2.24, 2.45) is 0 Å². The number of carbonyl (C=O) groups is 1. The van der Waals surface area contributed by atoms with E-state index in [2.05, 4.69) is 43.0 Å². The van der Waals surface area contributed by atoms with Crippen molar-refractivity contribution in [1.82, 2.24) is 9.80 Å². The van der Waals surface area contributed by atoms with Gasteiger partial charge >= 0.3 is 0 Å². The van der Waals surface area contributed by atoms with Gasteiger partial charge in [-0.05, 0) is 56.5 Å². The average Bonchev–Trinajstić information content (AvgIpc) is 2.64. The van der Waals surface area contributed by atoms with Crippen molar-refractivity contribution in [3.63, 3.8) is 0 Å². The lowest BCUT2D eigenvalue weighted by atomic mass is 9.99. The molecular formula is C22H27FN2O. The summed E-state index contributed by atoms with van der Waals surface area (Å²) in [5.41, 5.74) is 1.89. The van der Waals surface area contributed by atoms with E-state index in [0.717, 1.165) is 32.5 Å². The van der Waals surface area contributed by atoms with Gasteiger partial charge in [0.05, 0.1) is 0 Å². The smallest absolute Gasteiger partial charge is 0.254 e. The van der Waals surface area contributed by atoms with Crippen LogP contribution >= 0.6 is 0 Å². The molecular weight excluding hydrogens is 327 g/mol. The highest BCUT2D eigenvalue weighted by atomic mass is 19.1. The van der Waals surface area contributed by atoms with Gasteiger partial charge in [0.2, 0.25) is 0 Å². The number of likely N-dealkylation sites (tertiary alicyclic amines) is 1. The van der Waals surface area contributed by atoms with E-state index in [-0.39, 0.29) is 23.8 Å². The van der Waals surface area contributed by atoms with Crippen molar-refractivity contribution in [2.75, 3.05) is 13.1 Å². The fourth-order valence-corrected chi connectivity index (χ4v) is 3.76. The summed E-state index contributed by atoms with van der Waals surface area (Å²) in [6.45, 7) is 7.04. The Morgan fingerprint density at radius 1 is 1.08 bits per heavy atom. The molecule has 0 atom stereocenters. The number of amides is 1. The zero-order valence-electron chi connectivity index (χ0n) is 15.6. The van der Waals surface area contributed by atoms with E-state index in [1.807, 2.05) is 11.0 Å². The van der Waals surface area contributed by atoms with E-state index in [9.17, 15) is 9.18 Å². The summed E-state index contributed by atoms with van der Waals surface area (Å²) in [6, 6.07) is 16.7. The van der Waals surface area contributed by atoms with Crippen LogP contribution in [0.4, 0.5) is 4.39 Å². The summed E-state index contributed by atoms with van der Waals surface area (Å²) in [6.07, 6.45) is 1.94. The maximum atomic E-state index is 13.2. The molecule has 1 fully saturated rings. The quantitative estimate of drug-likeness (QED) is 0.797. The second kappa shape index (κ2) is 8.45. The Morgan fingerprint density at radius 2 is 1.69 bits per heavy atom. The lowest BCUT2D eigenvalue weighted by molar-refractivity contribution is 0.0477. The molecule has 138 valence electrons.